The van der Waals surface area contributed by atoms with E-state index in [0.29, 0.717) is 17.8 Å². The van der Waals surface area contributed by atoms with Gasteiger partial charge in [0.25, 0.3) is 5.56 Å². The van der Waals surface area contributed by atoms with E-state index in [0.717, 1.165) is 5.69 Å². The molecule has 2 rings (SSSR count). The third-order valence-corrected chi connectivity index (χ3v) is 3.36. The van der Waals surface area contributed by atoms with Gasteiger partial charge in [0.15, 0.2) is 0 Å². The van der Waals surface area contributed by atoms with Crippen molar-refractivity contribution in [1.29, 1.82) is 0 Å². The van der Waals surface area contributed by atoms with Crippen LogP contribution in [0.3, 0.4) is 0 Å². The molecular formula is C15H19N3O2. The number of rotatable bonds is 3. The summed E-state index contributed by atoms with van der Waals surface area (Å²) in [6, 6.07) is 8.99. The third-order valence-electron chi connectivity index (χ3n) is 3.36. The molecular weight excluding hydrogens is 254 g/mol. The number of hydrogen-bond donors (Lipinski definition) is 0. The van der Waals surface area contributed by atoms with E-state index < -0.39 is 0 Å². The fourth-order valence-electron chi connectivity index (χ4n) is 2.40. The Morgan fingerprint density at radius 3 is 2.20 bits per heavy atom. The van der Waals surface area contributed by atoms with Crippen molar-refractivity contribution in [3.63, 3.8) is 0 Å². The van der Waals surface area contributed by atoms with Gasteiger partial charge in [0.05, 0.1) is 11.4 Å². The molecule has 0 unspecified atom stereocenters. The largest absolute Gasteiger partial charge is 0.372 e. The van der Waals surface area contributed by atoms with E-state index in [1.807, 2.05) is 39.2 Å². The van der Waals surface area contributed by atoms with Crippen LogP contribution >= 0.6 is 0 Å². The number of hydrogen-bond acceptors (Lipinski definition) is 3. The Morgan fingerprint density at radius 1 is 1.10 bits per heavy atom. The zero-order valence-corrected chi connectivity index (χ0v) is 12.3. The normalized spacial score (nSPS) is 10.6. The number of aromatic nitrogens is 2. The Kier molecular flexibility index (Phi) is 3.79. The Hall–Kier alpha value is -2.30. The Balaban J connectivity index is 2.91. The molecule has 0 radical (unpaired) electrons. The van der Waals surface area contributed by atoms with Crippen LogP contribution in [-0.4, -0.2) is 23.2 Å². The second-order valence-corrected chi connectivity index (χ2v) is 4.86. The number of nitrogens with zero attached hydrogens (tertiary/aromatic N) is 3. The molecule has 5 nitrogen and oxygen atoms in total. The third kappa shape index (κ3) is 2.15. The molecule has 0 atom stereocenters. The van der Waals surface area contributed by atoms with Crippen LogP contribution in [0.25, 0.3) is 5.69 Å². The van der Waals surface area contributed by atoms with Gasteiger partial charge in [0.2, 0.25) is 0 Å². The predicted molar refractivity (Wildman–Crippen MR) is 81.0 cm³/mol. The molecule has 1 heterocycles. The Morgan fingerprint density at radius 2 is 1.70 bits per heavy atom. The first-order valence-corrected chi connectivity index (χ1v) is 6.56. The summed E-state index contributed by atoms with van der Waals surface area (Å²) in [7, 11) is 5.33. The van der Waals surface area contributed by atoms with Crippen LogP contribution in [0.2, 0.25) is 0 Å². The van der Waals surface area contributed by atoms with E-state index >= 15 is 0 Å². The minimum Gasteiger partial charge on any atom is -0.372 e. The van der Waals surface area contributed by atoms with Crippen molar-refractivity contribution in [2.45, 2.75) is 13.3 Å². The summed E-state index contributed by atoms with van der Waals surface area (Å²) in [5.41, 5.74) is 1.30. The van der Waals surface area contributed by atoms with Crippen molar-refractivity contribution < 1.29 is 0 Å². The van der Waals surface area contributed by atoms with Crippen molar-refractivity contribution in [2.75, 3.05) is 19.0 Å². The molecule has 0 bridgehead atoms. The van der Waals surface area contributed by atoms with Gasteiger partial charge in [0.1, 0.15) is 5.69 Å². The first kappa shape index (κ1) is 14.1. The smallest absolute Gasteiger partial charge is 0.335 e. The molecule has 0 saturated heterocycles. The lowest BCUT2D eigenvalue weighted by Gasteiger charge is -2.20. The fraction of sp³-hybridized carbons (Fsp3) is 0.333. The lowest BCUT2D eigenvalue weighted by Crippen LogP contribution is -2.42. The summed E-state index contributed by atoms with van der Waals surface area (Å²) in [4.78, 5) is 26.9. The first-order chi connectivity index (χ1) is 9.49. The van der Waals surface area contributed by atoms with Gasteiger partial charge in [-0.3, -0.25) is 9.36 Å². The summed E-state index contributed by atoms with van der Waals surface area (Å²) >= 11 is 0. The van der Waals surface area contributed by atoms with Crippen molar-refractivity contribution in [1.82, 2.24) is 9.13 Å². The van der Waals surface area contributed by atoms with Crippen LogP contribution in [0.1, 0.15) is 12.6 Å². The van der Waals surface area contributed by atoms with Gasteiger partial charge in [0, 0.05) is 21.1 Å². The van der Waals surface area contributed by atoms with Gasteiger partial charge in [-0.1, -0.05) is 25.1 Å². The van der Waals surface area contributed by atoms with Gasteiger partial charge in [-0.05, 0) is 18.6 Å². The fourth-order valence-corrected chi connectivity index (χ4v) is 2.40. The highest BCUT2D eigenvalue weighted by molar-refractivity contribution is 5.50. The second-order valence-electron chi connectivity index (χ2n) is 4.86. The predicted octanol–water partition coefficient (Wildman–Crippen LogP) is 1.16. The standard InChI is InChI=1S/C15H19N3O2/c1-5-12-13(16(2)3)14(19)18(15(20)17(12)4)11-9-7-6-8-10-11/h6-10H,5H2,1-4H3. The summed E-state index contributed by atoms with van der Waals surface area (Å²) in [5, 5.41) is 0. The van der Waals surface area contributed by atoms with Gasteiger partial charge in [-0.15, -0.1) is 0 Å². The molecule has 0 saturated carbocycles. The average Bonchev–Trinajstić information content (AvgIpc) is 2.43. The van der Waals surface area contributed by atoms with E-state index in [1.165, 1.54) is 4.57 Å². The molecule has 0 amide bonds. The van der Waals surface area contributed by atoms with E-state index in [1.54, 1.807) is 28.6 Å². The van der Waals surface area contributed by atoms with Crippen molar-refractivity contribution >= 4 is 5.69 Å². The van der Waals surface area contributed by atoms with Crippen molar-refractivity contribution in [3.05, 3.63) is 56.9 Å². The molecule has 5 heteroatoms. The monoisotopic (exact) mass is 273 g/mol. The van der Waals surface area contributed by atoms with Gasteiger partial charge < -0.3 is 4.90 Å². The van der Waals surface area contributed by atoms with Crippen LogP contribution in [0.5, 0.6) is 0 Å². The molecule has 0 aliphatic rings. The van der Waals surface area contributed by atoms with Crippen LogP contribution < -0.4 is 16.1 Å². The molecule has 0 spiro atoms. The lowest BCUT2D eigenvalue weighted by atomic mass is 10.2. The van der Waals surface area contributed by atoms with E-state index in [-0.39, 0.29) is 11.2 Å². The topological polar surface area (TPSA) is 47.2 Å². The van der Waals surface area contributed by atoms with Crippen LogP contribution in [0.4, 0.5) is 5.69 Å². The summed E-state index contributed by atoms with van der Waals surface area (Å²) < 4.78 is 2.76. The summed E-state index contributed by atoms with van der Waals surface area (Å²) in [5.74, 6) is 0. The van der Waals surface area contributed by atoms with Crippen molar-refractivity contribution in [2.24, 2.45) is 7.05 Å². The van der Waals surface area contributed by atoms with Crippen LogP contribution in [0, 0.1) is 0 Å². The molecule has 2 aromatic rings. The number of anilines is 1. The van der Waals surface area contributed by atoms with Crippen LogP contribution in [0.15, 0.2) is 39.9 Å². The number of benzene rings is 1. The highest BCUT2D eigenvalue weighted by Gasteiger charge is 2.18. The molecule has 0 N–H and O–H groups in total. The van der Waals surface area contributed by atoms with Gasteiger partial charge in [-0.25, -0.2) is 9.36 Å². The maximum atomic E-state index is 12.7. The molecule has 20 heavy (non-hydrogen) atoms. The number of para-hydroxylation sites is 1. The quantitative estimate of drug-likeness (QED) is 0.843. The minimum atomic E-state index is -0.316. The maximum Gasteiger partial charge on any atom is 0.335 e. The SMILES string of the molecule is CCc1c(N(C)C)c(=O)n(-c2ccccc2)c(=O)n1C. The second kappa shape index (κ2) is 5.36. The minimum absolute atomic E-state index is 0.277. The van der Waals surface area contributed by atoms with Gasteiger partial charge in [-0.2, -0.15) is 0 Å². The Labute approximate surface area is 117 Å². The molecule has 1 aromatic heterocycles. The lowest BCUT2D eigenvalue weighted by molar-refractivity contribution is 0.690. The van der Waals surface area contributed by atoms with E-state index in [4.69, 9.17) is 0 Å². The molecule has 0 aliphatic heterocycles. The first-order valence-electron chi connectivity index (χ1n) is 6.56. The summed E-state index contributed by atoms with van der Waals surface area (Å²) in [6.07, 6.45) is 0.629. The van der Waals surface area contributed by atoms with Crippen LogP contribution in [-0.2, 0) is 13.5 Å². The van der Waals surface area contributed by atoms with Crippen molar-refractivity contribution in [3.8, 4) is 5.69 Å². The Bertz CT molecular complexity index is 727. The molecule has 0 fully saturated rings. The molecule has 106 valence electrons. The molecule has 0 aliphatic carbocycles. The summed E-state index contributed by atoms with van der Waals surface area (Å²) in [6.45, 7) is 1.94. The van der Waals surface area contributed by atoms with Gasteiger partial charge >= 0.3 is 5.69 Å². The maximum absolute atomic E-state index is 12.7. The zero-order chi connectivity index (χ0) is 14.9. The molecule has 1 aromatic carbocycles. The van der Waals surface area contributed by atoms with E-state index in [9.17, 15) is 9.59 Å². The highest BCUT2D eigenvalue weighted by Crippen LogP contribution is 2.13. The zero-order valence-electron chi connectivity index (χ0n) is 12.3. The highest BCUT2D eigenvalue weighted by atomic mass is 16.2. The van der Waals surface area contributed by atoms with E-state index in [2.05, 4.69) is 0 Å². The average molecular weight is 273 g/mol.